The van der Waals surface area contributed by atoms with E-state index in [1.54, 1.807) is 0 Å². The van der Waals surface area contributed by atoms with Crippen molar-refractivity contribution in [3.8, 4) is 17.2 Å². The zero-order chi connectivity index (χ0) is 22.3. The maximum atomic E-state index is 6.19. The van der Waals surface area contributed by atoms with Crippen molar-refractivity contribution < 1.29 is 9.47 Å². The molecule has 5 aromatic carbocycles. The van der Waals surface area contributed by atoms with E-state index < -0.39 is 0 Å². The predicted molar refractivity (Wildman–Crippen MR) is 135 cm³/mol. The van der Waals surface area contributed by atoms with E-state index in [1.165, 1.54) is 0 Å². The van der Waals surface area contributed by atoms with Crippen LogP contribution in [0.1, 0.15) is 11.1 Å². The van der Waals surface area contributed by atoms with E-state index in [-0.39, 0.29) is 0 Å². The molecule has 160 valence electrons. The number of hydrogen-bond acceptors (Lipinski definition) is 3. The van der Waals surface area contributed by atoms with Crippen LogP contribution < -0.4 is 9.47 Å². The fourth-order valence-electron chi connectivity index (χ4n) is 3.63. The largest absolute Gasteiger partial charge is 0.488 e. The van der Waals surface area contributed by atoms with Gasteiger partial charge < -0.3 is 9.47 Å². The molecule has 0 atom stereocenters. The van der Waals surface area contributed by atoms with E-state index >= 15 is 0 Å². The van der Waals surface area contributed by atoms with E-state index in [1.807, 2.05) is 97.2 Å². The van der Waals surface area contributed by atoms with Crippen molar-refractivity contribution in [2.24, 2.45) is 4.99 Å². The molecule has 0 aliphatic carbocycles. The highest BCUT2D eigenvalue weighted by atomic mass is 16.5. The Balaban J connectivity index is 1.39. The molecule has 3 heteroatoms. The molecule has 0 fully saturated rings. The second-order valence-electron chi connectivity index (χ2n) is 7.64. The number of ether oxygens (including phenoxy) is 2. The number of benzene rings is 5. The van der Waals surface area contributed by atoms with Gasteiger partial charge in [-0.25, -0.2) is 0 Å². The van der Waals surface area contributed by atoms with Crippen LogP contribution in [0, 0.1) is 0 Å². The van der Waals surface area contributed by atoms with Crippen LogP contribution in [0.2, 0.25) is 0 Å². The fourth-order valence-corrected chi connectivity index (χ4v) is 3.63. The third-order valence-electron chi connectivity index (χ3n) is 5.33. The lowest BCUT2D eigenvalue weighted by atomic mass is 10.0. The maximum absolute atomic E-state index is 6.19. The van der Waals surface area contributed by atoms with E-state index in [9.17, 15) is 0 Å². The maximum Gasteiger partial charge on any atom is 0.129 e. The molecule has 0 aliphatic rings. The molecule has 0 saturated heterocycles. The Labute approximate surface area is 193 Å². The summed E-state index contributed by atoms with van der Waals surface area (Å²) in [5.74, 6) is 2.40. The summed E-state index contributed by atoms with van der Waals surface area (Å²) in [5.41, 5.74) is 2.94. The van der Waals surface area contributed by atoms with Crippen LogP contribution in [0.15, 0.2) is 126 Å². The van der Waals surface area contributed by atoms with Gasteiger partial charge in [-0.2, -0.15) is 0 Å². The summed E-state index contributed by atoms with van der Waals surface area (Å²) in [6, 6.07) is 40.1. The Morgan fingerprint density at radius 3 is 2.06 bits per heavy atom. The van der Waals surface area contributed by atoms with Crippen LogP contribution in [-0.2, 0) is 6.61 Å². The molecule has 0 aromatic heterocycles. The van der Waals surface area contributed by atoms with E-state index in [2.05, 4.69) is 30.3 Å². The molecular formula is C30H23NO2. The number of nitrogens with zero attached hydrogens (tertiary/aromatic N) is 1. The molecule has 0 bridgehead atoms. The molecule has 0 amide bonds. The van der Waals surface area contributed by atoms with Crippen molar-refractivity contribution in [2.75, 3.05) is 0 Å². The quantitative estimate of drug-likeness (QED) is 0.246. The lowest BCUT2D eigenvalue weighted by Gasteiger charge is -2.12. The molecule has 0 saturated carbocycles. The zero-order valence-corrected chi connectivity index (χ0v) is 18.1. The van der Waals surface area contributed by atoms with Crippen LogP contribution in [-0.4, -0.2) is 6.21 Å². The third-order valence-corrected chi connectivity index (χ3v) is 5.33. The van der Waals surface area contributed by atoms with Gasteiger partial charge in [0.15, 0.2) is 0 Å². The number of aliphatic imine (C=N–C) groups is 1. The number of rotatable bonds is 7. The Kier molecular flexibility index (Phi) is 6.12. The zero-order valence-electron chi connectivity index (χ0n) is 18.1. The van der Waals surface area contributed by atoms with Gasteiger partial charge in [-0.05, 0) is 58.8 Å². The Morgan fingerprint density at radius 2 is 1.27 bits per heavy atom. The second kappa shape index (κ2) is 9.84. The van der Waals surface area contributed by atoms with E-state index in [4.69, 9.17) is 14.5 Å². The van der Waals surface area contributed by atoms with Crippen LogP contribution >= 0.6 is 0 Å². The van der Waals surface area contributed by atoms with Crippen LogP contribution in [0.25, 0.3) is 10.8 Å². The van der Waals surface area contributed by atoms with Gasteiger partial charge in [0.1, 0.15) is 23.9 Å². The summed E-state index contributed by atoms with van der Waals surface area (Å²) in [4.78, 5) is 4.73. The topological polar surface area (TPSA) is 30.8 Å². The number of hydrogen-bond donors (Lipinski definition) is 0. The molecule has 5 rings (SSSR count). The molecule has 33 heavy (non-hydrogen) atoms. The lowest BCUT2D eigenvalue weighted by molar-refractivity contribution is 0.306. The standard InChI is InChI=1S/C30H23NO2/c1-3-9-23(10-4-1)22-32-30-20-15-24-11-7-8-14-28(24)29(30)21-31-25-16-18-27(19-17-25)33-26-12-5-2-6-13-26/h1-21H,22H2. The van der Waals surface area contributed by atoms with Crippen molar-refractivity contribution in [2.45, 2.75) is 6.61 Å². The highest BCUT2D eigenvalue weighted by molar-refractivity contribution is 6.03. The fraction of sp³-hybridized carbons (Fsp3) is 0.0333. The molecule has 0 spiro atoms. The van der Waals surface area contributed by atoms with Crippen molar-refractivity contribution in [3.05, 3.63) is 132 Å². The molecule has 5 aromatic rings. The lowest BCUT2D eigenvalue weighted by Crippen LogP contribution is -1.99. The number of fused-ring (bicyclic) bond motifs is 1. The Bertz CT molecular complexity index is 1360. The second-order valence-corrected chi connectivity index (χ2v) is 7.64. The average molecular weight is 430 g/mol. The third kappa shape index (κ3) is 5.10. The van der Waals surface area contributed by atoms with Gasteiger partial charge in [-0.1, -0.05) is 78.9 Å². The highest BCUT2D eigenvalue weighted by Gasteiger charge is 2.08. The number of para-hydroxylation sites is 1. The molecular weight excluding hydrogens is 406 g/mol. The molecule has 0 unspecified atom stereocenters. The van der Waals surface area contributed by atoms with Crippen LogP contribution in [0.5, 0.6) is 17.2 Å². The van der Waals surface area contributed by atoms with Gasteiger partial charge in [0.05, 0.1) is 5.69 Å². The molecule has 0 N–H and O–H groups in total. The van der Waals surface area contributed by atoms with Crippen LogP contribution in [0.4, 0.5) is 5.69 Å². The van der Waals surface area contributed by atoms with Gasteiger partial charge in [-0.15, -0.1) is 0 Å². The Morgan fingerprint density at radius 1 is 0.606 bits per heavy atom. The minimum atomic E-state index is 0.505. The summed E-state index contributed by atoms with van der Waals surface area (Å²) >= 11 is 0. The van der Waals surface area contributed by atoms with Gasteiger partial charge in [0.2, 0.25) is 0 Å². The first-order valence-electron chi connectivity index (χ1n) is 10.9. The molecule has 0 heterocycles. The van der Waals surface area contributed by atoms with E-state index in [0.29, 0.717) is 6.61 Å². The Hall–Kier alpha value is -4.37. The van der Waals surface area contributed by atoms with Crippen LogP contribution in [0.3, 0.4) is 0 Å². The monoisotopic (exact) mass is 429 g/mol. The minimum Gasteiger partial charge on any atom is -0.488 e. The first kappa shape index (κ1) is 20.5. The first-order chi connectivity index (χ1) is 16.3. The average Bonchev–Trinajstić information content (AvgIpc) is 2.88. The van der Waals surface area contributed by atoms with Gasteiger partial charge in [0, 0.05) is 11.8 Å². The molecule has 0 aliphatic heterocycles. The summed E-state index contributed by atoms with van der Waals surface area (Å²) in [5, 5.41) is 2.26. The summed E-state index contributed by atoms with van der Waals surface area (Å²) in [6.45, 7) is 0.505. The van der Waals surface area contributed by atoms with Gasteiger partial charge in [-0.3, -0.25) is 4.99 Å². The predicted octanol–water partition coefficient (Wildman–Crippen LogP) is 7.96. The molecule has 0 radical (unpaired) electrons. The smallest absolute Gasteiger partial charge is 0.129 e. The summed E-state index contributed by atoms with van der Waals surface area (Å²) in [7, 11) is 0. The minimum absolute atomic E-state index is 0.505. The van der Waals surface area contributed by atoms with Crippen molar-refractivity contribution >= 4 is 22.7 Å². The summed E-state index contributed by atoms with van der Waals surface area (Å²) in [6.07, 6.45) is 1.88. The van der Waals surface area contributed by atoms with Gasteiger partial charge in [0.25, 0.3) is 0 Å². The van der Waals surface area contributed by atoms with Crippen molar-refractivity contribution in [3.63, 3.8) is 0 Å². The highest BCUT2D eigenvalue weighted by Crippen LogP contribution is 2.29. The first-order valence-corrected chi connectivity index (χ1v) is 10.9. The van der Waals surface area contributed by atoms with Gasteiger partial charge >= 0.3 is 0 Å². The van der Waals surface area contributed by atoms with E-state index in [0.717, 1.165) is 44.8 Å². The van der Waals surface area contributed by atoms with Crippen molar-refractivity contribution in [1.29, 1.82) is 0 Å². The summed E-state index contributed by atoms with van der Waals surface area (Å²) < 4.78 is 12.1. The normalized spacial score (nSPS) is 11.0. The van der Waals surface area contributed by atoms with Crippen molar-refractivity contribution in [1.82, 2.24) is 0 Å². The SMILES string of the molecule is C(=Nc1ccc(Oc2ccccc2)cc1)c1c(OCc2ccccc2)ccc2ccccc12. The molecule has 3 nitrogen and oxygen atoms in total.